The molecule has 0 radical (unpaired) electrons. The Kier molecular flexibility index (Phi) is 4.66. The van der Waals surface area contributed by atoms with Gasteiger partial charge in [0.05, 0.1) is 13.2 Å². The van der Waals surface area contributed by atoms with Crippen molar-refractivity contribution in [1.29, 1.82) is 0 Å². The standard InChI is InChI=1S/C11H21N2O/c1-4-12-6-7-13(9-12)10-14-8-5-11(2)3/h6-7,9,11H,4-5,8,10H2,1-3H3/q+1. The normalized spacial score (nSPS) is 11.1. The quantitative estimate of drug-likeness (QED) is 0.502. The number of aromatic nitrogens is 2. The minimum atomic E-state index is 0.666. The van der Waals surface area contributed by atoms with Gasteiger partial charge in [-0.1, -0.05) is 13.8 Å². The molecule has 3 nitrogen and oxygen atoms in total. The van der Waals surface area contributed by atoms with E-state index in [9.17, 15) is 0 Å². The fourth-order valence-corrected chi connectivity index (χ4v) is 1.19. The van der Waals surface area contributed by atoms with Gasteiger partial charge in [0.25, 0.3) is 0 Å². The summed E-state index contributed by atoms with van der Waals surface area (Å²) in [6, 6.07) is 0. The van der Waals surface area contributed by atoms with Crippen LogP contribution in [0.25, 0.3) is 0 Å². The van der Waals surface area contributed by atoms with Crippen molar-refractivity contribution in [2.24, 2.45) is 5.92 Å². The van der Waals surface area contributed by atoms with Crippen molar-refractivity contribution in [3.8, 4) is 0 Å². The van der Waals surface area contributed by atoms with Gasteiger partial charge >= 0.3 is 0 Å². The average molecular weight is 197 g/mol. The lowest BCUT2D eigenvalue weighted by Gasteiger charge is -2.03. The number of aryl methyl sites for hydroxylation is 1. The Bertz CT molecular complexity index is 256. The SMILES string of the molecule is CCn1cc[n+](COCCC(C)C)c1. The predicted octanol–water partition coefficient (Wildman–Crippen LogP) is 1.82. The van der Waals surface area contributed by atoms with Gasteiger partial charge in [-0.3, -0.25) is 0 Å². The highest BCUT2D eigenvalue weighted by Crippen LogP contribution is 1.98. The van der Waals surface area contributed by atoms with Crippen LogP contribution in [-0.2, 0) is 18.0 Å². The second-order valence-corrected chi connectivity index (χ2v) is 3.98. The molecule has 0 aromatic carbocycles. The first kappa shape index (κ1) is 11.2. The summed E-state index contributed by atoms with van der Waals surface area (Å²) < 4.78 is 9.73. The first-order valence-electron chi connectivity index (χ1n) is 5.35. The molecule has 3 heteroatoms. The van der Waals surface area contributed by atoms with Crippen LogP contribution in [0.1, 0.15) is 27.2 Å². The van der Waals surface area contributed by atoms with E-state index in [1.807, 2.05) is 6.20 Å². The summed E-state index contributed by atoms with van der Waals surface area (Å²) in [5.41, 5.74) is 0. The molecule has 0 aliphatic rings. The molecule has 0 unspecified atom stereocenters. The highest BCUT2D eigenvalue weighted by molar-refractivity contribution is 4.64. The third-order valence-electron chi connectivity index (χ3n) is 2.19. The van der Waals surface area contributed by atoms with Gasteiger partial charge in [-0.05, 0) is 19.3 Å². The summed E-state index contributed by atoms with van der Waals surface area (Å²) in [6.45, 7) is 9.08. The number of rotatable bonds is 6. The van der Waals surface area contributed by atoms with E-state index >= 15 is 0 Å². The zero-order valence-electron chi connectivity index (χ0n) is 9.44. The Balaban J connectivity index is 2.18. The molecule has 0 aliphatic heterocycles. The van der Waals surface area contributed by atoms with Crippen molar-refractivity contribution in [2.75, 3.05) is 6.61 Å². The second kappa shape index (κ2) is 5.81. The van der Waals surface area contributed by atoms with E-state index in [0.29, 0.717) is 6.73 Å². The lowest BCUT2D eigenvalue weighted by atomic mass is 10.1. The maximum atomic E-state index is 5.54. The molecule has 0 amide bonds. The van der Waals surface area contributed by atoms with Crippen molar-refractivity contribution in [1.82, 2.24) is 4.57 Å². The van der Waals surface area contributed by atoms with Gasteiger partial charge in [-0.25, -0.2) is 9.13 Å². The van der Waals surface area contributed by atoms with Gasteiger partial charge in [0.15, 0.2) is 6.73 Å². The van der Waals surface area contributed by atoms with E-state index in [1.54, 1.807) is 0 Å². The van der Waals surface area contributed by atoms with Crippen LogP contribution in [0, 0.1) is 5.92 Å². The van der Waals surface area contributed by atoms with Crippen LogP contribution in [0.3, 0.4) is 0 Å². The molecule has 0 atom stereocenters. The molecular weight excluding hydrogens is 176 g/mol. The lowest BCUT2D eigenvalue weighted by molar-refractivity contribution is -0.732. The first-order valence-corrected chi connectivity index (χ1v) is 5.35. The van der Waals surface area contributed by atoms with E-state index < -0.39 is 0 Å². The summed E-state index contributed by atoms with van der Waals surface area (Å²) in [5.74, 6) is 0.722. The number of hydrogen-bond acceptors (Lipinski definition) is 1. The van der Waals surface area contributed by atoms with E-state index in [0.717, 1.165) is 25.5 Å². The molecule has 0 saturated carbocycles. The average Bonchev–Trinajstić information content (AvgIpc) is 2.60. The van der Waals surface area contributed by atoms with Gasteiger partial charge in [0.1, 0.15) is 12.4 Å². The van der Waals surface area contributed by atoms with Crippen LogP contribution in [0.4, 0.5) is 0 Å². The fraction of sp³-hybridized carbons (Fsp3) is 0.727. The largest absolute Gasteiger partial charge is 0.342 e. The van der Waals surface area contributed by atoms with Crippen molar-refractivity contribution in [2.45, 2.75) is 40.5 Å². The Labute approximate surface area is 86.3 Å². The third-order valence-corrected chi connectivity index (χ3v) is 2.19. The first-order chi connectivity index (χ1) is 6.72. The van der Waals surface area contributed by atoms with Gasteiger partial charge in [-0.15, -0.1) is 0 Å². The second-order valence-electron chi connectivity index (χ2n) is 3.98. The van der Waals surface area contributed by atoms with Crippen LogP contribution in [0.2, 0.25) is 0 Å². The van der Waals surface area contributed by atoms with Crippen LogP contribution < -0.4 is 4.57 Å². The van der Waals surface area contributed by atoms with Crippen molar-refractivity contribution >= 4 is 0 Å². The summed E-state index contributed by atoms with van der Waals surface area (Å²) >= 11 is 0. The minimum Gasteiger partial charge on any atom is -0.342 e. The highest BCUT2D eigenvalue weighted by Gasteiger charge is 2.01. The molecule has 1 aromatic heterocycles. The van der Waals surface area contributed by atoms with E-state index in [2.05, 4.69) is 42.4 Å². The molecule has 0 aliphatic carbocycles. The lowest BCUT2D eigenvalue weighted by Crippen LogP contribution is -2.32. The topological polar surface area (TPSA) is 18.0 Å². The van der Waals surface area contributed by atoms with Gasteiger partial charge < -0.3 is 4.74 Å². The molecule has 14 heavy (non-hydrogen) atoms. The van der Waals surface area contributed by atoms with Crippen molar-refractivity contribution in [3.05, 3.63) is 18.7 Å². The van der Waals surface area contributed by atoms with Gasteiger partial charge in [0.2, 0.25) is 6.33 Å². The molecule has 80 valence electrons. The van der Waals surface area contributed by atoms with Crippen LogP contribution >= 0.6 is 0 Å². The number of imidazole rings is 1. The Morgan fingerprint density at radius 1 is 1.43 bits per heavy atom. The Hall–Kier alpha value is -0.830. The molecule has 0 N–H and O–H groups in total. The zero-order valence-corrected chi connectivity index (χ0v) is 9.44. The molecule has 0 saturated heterocycles. The maximum Gasteiger partial charge on any atom is 0.245 e. The van der Waals surface area contributed by atoms with Gasteiger partial charge in [-0.2, -0.15) is 0 Å². The highest BCUT2D eigenvalue weighted by atomic mass is 16.5. The van der Waals surface area contributed by atoms with Crippen LogP contribution in [-0.4, -0.2) is 11.2 Å². The zero-order chi connectivity index (χ0) is 10.4. The molecule has 1 aromatic rings. The predicted molar refractivity (Wildman–Crippen MR) is 55.7 cm³/mol. The molecule has 0 fully saturated rings. The summed E-state index contributed by atoms with van der Waals surface area (Å²) in [5, 5.41) is 0. The number of nitrogens with zero attached hydrogens (tertiary/aromatic N) is 2. The fourth-order valence-electron chi connectivity index (χ4n) is 1.19. The summed E-state index contributed by atoms with van der Waals surface area (Å²) in [7, 11) is 0. The van der Waals surface area contributed by atoms with Crippen LogP contribution in [0.15, 0.2) is 18.7 Å². The smallest absolute Gasteiger partial charge is 0.245 e. The number of hydrogen-bond donors (Lipinski definition) is 0. The van der Waals surface area contributed by atoms with Crippen molar-refractivity contribution < 1.29 is 9.30 Å². The molecule has 0 spiro atoms. The van der Waals surface area contributed by atoms with E-state index in [-0.39, 0.29) is 0 Å². The summed E-state index contributed by atoms with van der Waals surface area (Å²) in [6.07, 6.45) is 7.30. The summed E-state index contributed by atoms with van der Waals surface area (Å²) in [4.78, 5) is 0. The monoisotopic (exact) mass is 197 g/mol. The van der Waals surface area contributed by atoms with Crippen molar-refractivity contribution in [3.63, 3.8) is 0 Å². The molecular formula is C11H21N2O+. The molecule has 1 rings (SSSR count). The van der Waals surface area contributed by atoms with E-state index in [4.69, 9.17) is 4.74 Å². The third kappa shape index (κ3) is 3.92. The number of ether oxygens (including phenoxy) is 1. The Morgan fingerprint density at radius 3 is 2.79 bits per heavy atom. The van der Waals surface area contributed by atoms with E-state index in [1.165, 1.54) is 0 Å². The van der Waals surface area contributed by atoms with Gasteiger partial charge in [0, 0.05) is 0 Å². The molecule has 1 heterocycles. The molecule has 0 bridgehead atoms. The van der Waals surface area contributed by atoms with Crippen LogP contribution in [0.5, 0.6) is 0 Å². The maximum absolute atomic E-state index is 5.54. The minimum absolute atomic E-state index is 0.666. The Morgan fingerprint density at radius 2 is 2.21 bits per heavy atom.